The molecule has 3 nitrogen and oxygen atoms in total. The summed E-state index contributed by atoms with van der Waals surface area (Å²) >= 11 is 5.94. The van der Waals surface area contributed by atoms with Crippen molar-refractivity contribution < 1.29 is 13.2 Å². The first-order valence-electron chi connectivity index (χ1n) is 5.68. The van der Waals surface area contributed by atoms with E-state index in [0.717, 1.165) is 12.1 Å². The maximum Gasteiger partial charge on any atom is 0.416 e. The van der Waals surface area contributed by atoms with Crippen LogP contribution in [0.3, 0.4) is 0 Å². The number of rotatable bonds is 4. The Hall–Kier alpha value is -1.95. The van der Waals surface area contributed by atoms with Crippen LogP contribution in [0.5, 0.6) is 0 Å². The summed E-state index contributed by atoms with van der Waals surface area (Å²) in [6.07, 6.45) is 0.369. The van der Waals surface area contributed by atoms with Gasteiger partial charge in [0.1, 0.15) is 0 Å². The number of hydrogen-bond donors (Lipinski definition) is 1. The van der Waals surface area contributed by atoms with Gasteiger partial charge in [0.05, 0.1) is 16.3 Å². The number of imidazole rings is 1. The summed E-state index contributed by atoms with van der Waals surface area (Å²) in [5, 5.41) is 2.97. The molecule has 1 N–H and O–H groups in total. The van der Waals surface area contributed by atoms with E-state index < -0.39 is 11.7 Å². The monoisotopic (exact) mass is 301 g/mol. The molecule has 1 aromatic heterocycles. The zero-order valence-electron chi connectivity index (χ0n) is 10.3. The van der Waals surface area contributed by atoms with Gasteiger partial charge >= 0.3 is 6.18 Å². The quantitative estimate of drug-likeness (QED) is 0.860. The summed E-state index contributed by atoms with van der Waals surface area (Å²) in [5.74, 6) is 0.478. The zero-order chi connectivity index (χ0) is 14.8. The summed E-state index contributed by atoms with van der Waals surface area (Å²) < 4.78 is 39.3. The highest BCUT2D eigenvalue weighted by molar-refractivity contribution is 6.32. The Balaban J connectivity index is 2.39. The summed E-state index contributed by atoms with van der Waals surface area (Å²) in [4.78, 5) is 4.07. The molecule has 0 bridgehead atoms. The maximum atomic E-state index is 12.6. The Morgan fingerprint density at radius 1 is 1.40 bits per heavy atom. The van der Waals surface area contributed by atoms with E-state index >= 15 is 0 Å². The SMILES string of the molecule is C=CCNc1nccn1-c1ccc(C(F)(F)F)cc1Cl. The third-order valence-corrected chi connectivity index (χ3v) is 2.88. The van der Waals surface area contributed by atoms with E-state index in [2.05, 4.69) is 16.9 Å². The fraction of sp³-hybridized carbons (Fsp3) is 0.154. The van der Waals surface area contributed by atoms with Crippen molar-refractivity contribution in [2.45, 2.75) is 6.18 Å². The lowest BCUT2D eigenvalue weighted by Gasteiger charge is -2.13. The Bertz CT molecular complexity index is 620. The van der Waals surface area contributed by atoms with Crippen molar-refractivity contribution in [1.82, 2.24) is 9.55 Å². The molecule has 7 heteroatoms. The van der Waals surface area contributed by atoms with Crippen LogP contribution in [0.15, 0.2) is 43.2 Å². The maximum absolute atomic E-state index is 12.6. The van der Waals surface area contributed by atoms with Gasteiger partial charge in [0, 0.05) is 18.9 Å². The zero-order valence-corrected chi connectivity index (χ0v) is 11.0. The topological polar surface area (TPSA) is 29.9 Å². The number of alkyl halides is 3. The number of benzene rings is 1. The Morgan fingerprint density at radius 2 is 2.15 bits per heavy atom. The van der Waals surface area contributed by atoms with Gasteiger partial charge in [-0.3, -0.25) is 4.57 Å². The molecule has 0 aliphatic rings. The first kappa shape index (κ1) is 14.5. The molecule has 0 fully saturated rings. The van der Waals surface area contributed by atoms with Gasteiger partial charge in [0.25, 0.3) is 0 Å². The normalized spacial score (nSPS) is 11.4. The second-order valence-corrected chi connectivity index (χ2v) is 4.36. The van der Waals surface area contributed by atoms with Crippen molar-refractivity contribution in [2.24, 2.45) is 0 Å². The van der Waals surface area contributed by atoms with Gasteiger partial charge < -0.3 is 5.32 Å². The number of nitrogens with zero attached hydrogens (tertiary/aromatic N) is 2. The van der Waals surface area contributed by atoms with Gasteiger partial charge in [0.15, 0.2) is 0 Å². The summed E-state index contributed by atoms with van der Waals surface area (Å²) in [5.41, 5.74) is -0.365. The first-order chi connectivity index (χ1) is 9.43. The number of halogens is 4. The molecule has 0 aliphatic heterocycles. The minimum atomic E-state index is -4.42. The van der Waals surface area contributed by atoms with Gasteiger partial charge in [-0.1, -0.05) is 17.7 Å². The highest BCUT2D eigenvalue weighted by Gasteiger charge is 2.31. The standard InChI is InChI=1S/C13H11ClF3N3/c1-2-5-18-12-19-6-7-20(12)11-4-3-9(8-10(11)14)13(15,16)17/h2-4,6-8H,1,5H2,(H,18,19). The minimum absolute atomic E-state index is 0.000483. The van der Waals surface area contributed by atoms with Crippen LogP contribution in [0.25, 0.3) is 5.69 Å². The molecule has 2 rings (SSSR count). The second-order valence-electron chi connectivity index (χ2n) is 3.95. The molecule has 0 saturated carbocycles. The smallest absolute Gasteiger partial charge is 0.352 e. The predicted molar refractivity (Wildman–Crippen MR) is 72.3 cm³/mol. The highest BCUT2D eigenvalue weighted by Crippen LogP contribution is 2.33. The predicted octanol–water partition coefficient (Wildman–Crippen LogP) is 4.14. The molecule has 0 unspecified atom stereocenters. The van der Waals surface area contributed by atoms with Gasteiger partial charge in [-0.2, -0.15) is 13.2 Å². The summed E-state index contributed by atoms with van der Waals surface area (Å²) in [7, 11) is 0. The van der Waals surface area contributed by atoms with Crippen LogP contribution in [0.4, 0.5) is 19.1 Å². The average molecular weight is 302 g/mol. The Kier molecular flexibility index (Phi) is 4.04. The van der Waals surface area contributed by atoms with Gasteiger partial charge in [-0.15, -0.1) is 6.58 Å². The fourth-order valence-corrected chi connectivity index (χ4v) is 1.94. The van der Waals surface area contributed by atoms with Gasteiger partial charge in [0.2, 0.25) is 5.95 Å². The lowest BCUT2D eigenvalue weighted by atomic mass is 10.2. The third-order valence-electron chi connectivity index (χ3n) is 2.58. The van der Waals surface area contributed by atoms with Crippen LogP contribution in [0.1, 0.15) is 5.56 Å². The average Bonchev–Trinajstić information content (AvgIpc) is 2.83. The van der Waals surface area contributed by atoms with E-state index in [1.807, 2.05) is 0 Å². The van der Waals surface area contributed by atoms with E-state index in [9.17, 15) is 13.2 Å². The molecule has 0 radical (unpaired) electrons. The Labute approximate surface area is 118 Å². The fourth-order valence-electron chi connectivity index (χ4n) is 1.67. The van der Waals surface area contributed by atoms with Crippen LogP contribution in [-0.4, -0.2) is 16.1 Å². The number of hydrogen-bond acceptors (Lipinski definition) is 2. The molecular weight excluding hydrogens is 291 g/mol. The van der Waals surface area contributed by atoms with Crippen LogP contribution < -0.4 is 5.32 Å². The highest BCUT2D eigenvalue weighted by atomic mass is 35.5. The molecule has 1 heterocycles. The largest absolute Gasteiger partial charge is 0.416 e. The van der Waals surface area contributed by atoms with Crippen molar-refractivity contribution in [3.05, 3.63) is 53.8 Å². The van der Waals surface area contributed by atoms with Crippen LogP contribution >= 0.6 is 11.6 Å². The molecule has 0 aliphatic carbocycles. The molecular formula is C13H11ClF3N3. The van der Waals surface area contributed by atoms with Crippen molar-refractivity contribution >= 4 is 17.5 Å². The summed E-state index contributed by atoms with van der Waals surface area (Å²) in [6, 6.07) is 3.19. The minimum Gasteiger partial charge on any atom is -0.352 e. The first-order valence-corrected chi connectivity index (χ1v) is 6.06. The molecule has 106 valence electrons. The van der Waals surface area contributed by atoms with Gasteiger partial charge in [-0.05, 0) is 18.2 Å². The van der Waals surface area contributed by atoms with E-state index in [-0.39, 0.29) is 5.02 Å². The van der Waals surface area contributed by atoms with E-state index in [4.69, 9.17) is 11.6 Å². The third kappa shape index (κ3) is 2.96. The second kappa shape index (κ2) is 5.58. The molecule has 2 aromatic rings. The molecule has 0 amide bonds. The Morgan fingerprint density at radius 3 is 2.75 bits per heavy atom. The van der Waals surface area contributed by atoms with Gasteiger partial charge in [-0.25, -0.2) is 4.98 Å². The molecule has 0 saturated heterocycles. The summed E-state index contributed by atoms with van der Waals surface area (Å²) in [6.45, 7) is 4.05. The molecule has 1 aromatic carbocycles. The van der Waals surface area contributed by atoms with Crippen molar-refractivity contribution in [3.8, 4) is 5.69 Å². The van der Waals surface area contributed by atoms with E-state index in [0.29, 0.717) is 18.2 Å². The van der Waals surface area contributed by atoms with Crippen molar-refractivity contribution in [1.29, 1.82) is 0 Å². The van der Waals surface area contributed by atoms with Crippen molar-refractivity contribution in [2.75, 3.05) is 11.9 Å². The van der Waals surface area contributed by atoms with Crippen LogP contribution in [0.2, 0.25) is 5.02 Å². The molecule has 20 heavy (non-hydrogen) atoms. The van der Waals surface area contributed by atoms with Crippen molar-refractivity contribution in [3.63, 3.8) is 0 Å². The lowest BCUT2D eigenvalue weighted by Crippen LogP contribution is -2.08. The molecule has 0 atom stereocenters. The van der Waals surface area contributed by atoms with E-state index in [1.165, 1.54) is 12.3 Å². The number of nitrogens with one attached hydrogen (secondary N) is 1. The van der Waals surface area contributed by atoms with Crippen LogP contribution in [-0.2, 0) is 6.18 Å². The number of anilines is 1. The van der Waals surface area contributed by atoms with E-state index in [1.54, 1.807) is 16.8 Å². The lowest BCUT2D eigenvalue weighted by molar-refractivity contribution is -0.137. The number of aromatic nitrogens is 2. The van der Waals surface area contributed by atoms with Crippen LogP contribution in [0, 0.1) is 0 Å². The molecule has 0 spiro atoms.